The number of nitrogens with one attached hydrogen (secondary N) is 3. The van der Waals surface area contributed by atoms with E-state index in [0.29, 0.717) is 27.8 Å². The molecule has 2 amide bonds. The molecular formula is C16H13Cl2N3O2. The van der Waals surface area contributed by atoms with Gasteiger partial charge in [-0.1, -0.05) is 29.3 Å². The molecule has 23 heavy (non-hydrogen) atoms. The highest BCUT2D eigenvalue weighted by Gasteiger charge is 2.16. The van der Waals surface area contributed by atoms with E-state index in [1.807, 2.05) is 0 Å². The highest BCUT2D eigenvalue weighted by atomic mass is 35.5. The molecule has 1 aliphatic rings. The van der Waals surface area contributed by atoms with Crippen LogP contribution in [0, 0.1) is 0 Å². The van der Waals surface area contributed by atoms with Gasteiger partial charge in [-0.05, 0) is 35.9 Å². The molecular weight excluding hydrogens is 337 g/mol. The van der Waals surface area contributed by atoms with Crippen molar-refractivity contribution >= 4 is 46.4 Å². The molecule has 118 valence electrons. The molecule has 1 heterocycles. The van der Waals surface area contributed by atoms with Gasteiger partial charge in [0.25, 0.3) is 5.91 Å². The van der Waals surface area contributed by atoms with Gasteiger partial charge >= 0.3 is 0 Å². The molecule has 7 heteroatoms. The van der Waals surface area contributed by atoms with Crippen molar-refractivity contribution in [2.45, 2.75) is 6.54 Å². The average molecular weight is 350 g/mol. The predicted molar refractivity (Wildman–Crippen MR) is 91.2 cm³/mol. The number of carbonyl (C=O) groups excluding carboxylic acids is 2. The second-order valence-electron chi connectivity index (χ2n) is 5.09. The number of amides is 2. The first-order valence-corrected chi connectivity index (χ1v) is 7.68. The number of carbonyl (C=O) groups is 2. The van der Waals surface area contributed by atoms with Crippen molar-refractivity contribution in [1.82, 2.24) is 5.32 Å². The maximum absolute atomic E-state index is 12.2. The maximum atomic E-state index is 12.2. The van der Waals surface area contributed by atoms with Crippen LogP contribution >= 0.6 is 23.2 Å². The largest absolute Gasteiger partial charge is 0.374 e. The van der Waals surface area contributed by atoms with Crippen LogP contribution in [0.4, 0.5) is 11.4 Å². The summed E-state index contributed by atoms with van der Waals surface area (Å²) in [4.78, 5) is 23.6. The Kier molecular flexibility index (Phi) is 4.41. The number of hydrogen-bond acceptors (Lipinski definition) is 3. The van der Waals surface area contributed by atoms with Gasteiger partial charge in [0.05, 0.1) is 28.0 Å². The molecule has 0 bridgehead atoms. The average Bonchev–Trinajstić information content (AvgIpc) is 2.55. The van der Waals surface area contributed by atoms with Crippen LogP contribution in [0.2, 0.25) is 10.0 Å². The van der Waals surface area contributed by atoms with Crippen molar-refractivity contribution in [2.24, 2.45) is 0 Å². The Balaban J connectivity index is 1.69. The van der Waals surface area contributed by atoms with Crippen molar-refractivity contribution in [3.05, 3.63) is 57.6 Å². The van der Waals surface area contributed by atoms with Crippen LogP contribution in [0.5, 0.6) is 0 Å². The zero-order valence-electron chi connectivity index (χ0n) is 12.0. The van der Waals surface area contributed by atoms with Crippen molar-refractivity contribution in [1.29, 1.82) is 0 Å². The van der Waals surface area contributed by atoms with Crippen molar-refractivity contribution in [3.8, 4) is 0 Å². The smallest absolute Gasteiger partial charge is 0.251 e. The summed E-state index contributed by atoms with van der Waals surface area (Å²) in [6.07, 6.45) is 0. The first kappa shape index (κ1) is 15.6. The van der Waals surface area contributed by atoms with E-state index in [4.69, 9.17) is 23.2 Å². The Morgan fingerprint density at radius 1 is 1.09 bits per heavy atom. The Bertz CT molecular complexity index is 793. The summed E-state index contributed by atoms with van der Waals surface area (Å²) in [5.41, 5.74) is 2.71. The second-order valence-corrected chi connectivity index (χ2v) is 5.91. The van der Waals surface area contributed by atoms with Gasteiger partial charge in [0.15, 0.2) is 0 Å². The van der Waals surface area contributed by atoms with Crippen LogP contribution in [-0.4, -0.2) is 18.4 Å². The van der Waals surface area contributed by atoms with Gasteiger partial charge in [-0.15, -0.1) is 0 Å². The van der Waals surface area contributed by atoms with Crippen LogP contribution in [0.1, 0.15) is 15.9 Å². The van der Waals surface area contributed by atoms with Crippen molar-refractivity contribution < 1.29 is 9.59 Å². The predicted octanol–water partition coefficient (Wildman–Crippen LogP) is 3.29. The number of hydrogen-bond donors (Lipinski definition) is 3. The van der Waals surface area contributed by atoms with Crippen LogP contribution in [0.3, 0.4) is 0 Å². The third-order valence-corrected chi connectivity index (χ3v) is 4.17. The molecule has 0 saturated carbocycles. The quantitative estimate of drug-likeness (QED) is 0.796. The summed E-state index contributed by atoms with van der Waals surface area (Å²) in [5.74, 6) is -0.371. The van der Waals surface area contributed by atoms with Crippen molar-refractivity contribution in [2.75, 3.05) is 17.2 Å². The molecule has 3 N–H and O–H groups in total. The molecule has 0 saturated heterocycles. The minimum Gasteiger partial charge on any atom is -0.374 e. The first-order chi connectivity index (χ1) is 11.0. The second kappa shape index (κ2) is 6.48. The lowest BCUT2D eigenvalue weighted by molar-refractivity contribution is -0.114. The third kappa shape index (κ3) is 3.57. The van der Waals surface area contributed by atoms with Gasteiger partial charge in [-0.3, -0.25) is 9.59 Å². The molecule has 0 spiro atoms. The van der Waals surface area contributed by atoms with E-state index in [0.717, 1.165) is 11.3 Å². The van der Waals surface area contributed by atoms with E-state index in [9.17, 15) is 9.59 Å². The lowest BCUT2D eigenvalue weighted by Crippen LogP contribution is -2.28. The summed E-state index contributed by atoms with van der Waals surface area (Å²) in [5, 5.41) is 9.43. The molecule has 2 aromatic carbocycles. The third-order valence-electron chi connectivity index (χ3n) is 3.43. The lowest BCUT2D eigenvalue weighted by Gasteiger charge is -2.19. The van der Waals surface area contributed by atoms with Gasteiger partial charge < -0.3 is 16.0 Å². The van der Waals surface area contributed by atoms with Crippen LogP contribution in [0.15, 0.2) is 36.4 Å². The number of halogens is 2. The fraction of sp³-hybridized carbons (Fsp3) is 0.125. The molecule has 0 aromatic heterocycles. The molecule has 0 aliphatic carbocycles. The highest BCUT2D eigenvalue weighted by Crippen LogP contribution is 2.26. The van der Waals surface area contributed by atoms with Gasteiger partial charge in [0, 0.05) is 12.1 Å². The fourth-order valence-corrected chi connectivity index (χ4v) is 2.57. The molecule has 0 unspecified atom stereocenters. The van der Waals surface area contributed by atoms with E-state index in [2.05, 4.69) is 16.0 Å². The lowest BCUT2D eigenvalue weighted by atomic mass is 10.1. The van der Waals surface area contributed by atoms with Crippen molar-refractivity contribution in [3.63, 3.8) is 0 Å². The van der Waals surface area contributed by atoms with E-state index in [1.54, 1.807) is 36.4 Å². The Morgan fingerprint density at radius 2 is 1.91 bits per heavy atom. The molecule has 1 aliphatic heterocycles. The zero-order chi connectivity index (χ0) is 16.4. The molecule has 0 fully saturated rings. The Labute approximate surface area is 143 Å². The summed E-state index contributed by atoms with van der Waals surface area (Å²) in [7, 11) is 0. The monoisotopic (exact) mass is 349 g/mol. The van der Waals surface area contributed by atoms with E-state index < -0.39 is 0 Å². The normalized spacial score (nSPS) is 12.9. The van der Waals surface area contributed by atoms with Gasteiger partial charge in [-0.2, -0.15) is 0 Å². The number of rotatable bonds is 3. The Hall–Kier alpha value is -2.24. The number of fused-ring (bicyclic) bond motifs is 1. The van der Waals surface area contributed by atoms with E-state index in [-0.39, 0.29) is 18.4 Å². The fourth-order valence-electron chi connectivity index (χ4n) is 2.25. The van der Waals surface area contributed by atoms with Crippen LogP contribution in [0.25, 0.3) is 0 Å². The number of anilines is 2. The van der Waals surface area contributed by atoms with E-state index in [1.165, 1.54) is 0 Å². The molecule has 0 atom stereocenters. The van der Waals surface area contributed by atoms with Gasteiger partial charge in [-0.25, -0.2) is 0 Å². The molecule has 2 aromatic rings. The first-order valence-electron chi connectivity index (χ1n) is 6.93. The molecule has 3 rings (SSSR count). The standard InChI is InChI=1S/C16H13Cl2N3O2/c17-11-3-1-9(5-12(11)18)7-20-16(23)10-2-4-13-14(6-10)21-15(22)8-19-13/h1-6,19H,7-8H2,(H,20,23)(H,21,22). The zero-order valence-corrected chi connectivity index (χ0v) is 13.5. The minimum atomic E-state index is -0.237. The summed E-state index contributed by atoms with van der Waals surface area (Å²) >= 11 is 11.8. The minimum absolute atomic E-state index is 0.133. The summed E-state index contributed by atoms with van der Waals surface area (Å²) in [6, 6.07) is 10.3. The topological polar surface area (TPSA) is 70.2 Å². The number of benzene rings is 2. The van der Waals surface area contributed by atoms with Crippen LogP contribution in [-0.2, 0) is 11.3 Å². The molecule has 5 nitrogen and oxygen atoms in total. The maximum Gasteiger partial charge on any atom is 0.251 e. The summed E-state index contributed by atoms with van der Waals surface area (Å²) in [6.45, 7) is 0.563. The molecule has 0 radical (unpaired) electrons. The SMILES string of the molecule is O=C1CNc2ccc(C(=O)NCc3ccc(Cl)c(Cl)c3)cc2N1. The van der Waals surface area contributed by atoms with Crippen LogP contribution < -0.4 is 16.0 Å². The highest BCUT2D eigenvalue weighted by molar-refractivity contribution is 6.42. The van der Waals surface area contributed by atoms with E-state index >= 15 is 0 Å². The Morgan fingerprint density at radius 3 is 2.70 bits per heavy atom. The summed E-state index contributed by atoms with van der Waals surface area (Å²) < 4.78 is 0. The van der Waals surface area contributed by atoms with Gasteiger partial charge in [0.1, 0.15) is 0 Å². The van der Waals surface area contributed by atoms with Gasteiger partial charge in [0.2, 0.25) is 5.91 Å².